The lowest BCUT2D eigenvalue weighted by Crippen LogP contribution is -2.49. The summed E-state index contributed by atoms with van der Waals surface area (Å²) in [5.41, 5.74) is 1.16. The summed E-state index contributed by atoms with van der Waals surface area (Å²) in [5.74, 6) is 0.236. The number of anilines is 1. The molecular formula is C23H25N5O3S. The van der Waals surface area contributed by atoms with Gasteiger partial charge in [0.2, 0.25) is 5.13 Å². The zero-order valence-corrected chi connectivity index (χ0v) is 18.8. The number of rotatable bonds is 6. The summed E-state index contributed by atoms with van der Waals surface area (Å²) in [6.45, 7) is 4.15. The molecule has 2 atom stereocenters. The Bertz CT molecular complexity index is 1060. The number of carbonyl (C=O) groups excluding carboxylic acids is 2. The Labute approximate surface area is 190 Å². The first-order valence-electron chi connectivity index (χ1n) is 10.6. The molecule has 1 N–H and O–H groups in total. The molecule has 2 amide bonds. The number of amides is 2. The van der Waals surface area contributed by atoms with Crippen LogP contribution in [0.25, 0.3) is 10.7 Å². The van der Waals surface area contributed by atoms with Crippen LogP contribution in [0.5, 0.6) is 5.75 Å². The second kappa shape index (κ2) is 9.86. The van der Waals surface area contributed by atoms with Crippen LogP contribution >= 0.6 is 11.3 Å². The molecule has 3 aromatic rings. The van der Waals surface area contributed by atoms with Gasteiger partial charge in [0.1, 0.15) is 11.4 Å². The van der Waals surface area contributed by atoms with E-state index in [1.54, 1.807) is 30.5 Å². The summed E-state index contributed by atoms with van der Waals surface area (Å²) in [4.78, 5) is 31.3. The third-order valence-electron chi connectivity index (χ3n) is 5.49. The van der Waals surface area contributed by atoms with Crippen LogP contribution < -0.4 is 10.1 Å². The first kappa shape index (κ1) is 21.9. The van der Waals surface area contributed by atoms with E-state index in [0.717, 1.165) is 19.3 Å². The largest absolute Gasteiger partial charge is 0.484 e. The first-order valence-corrected chi connectivity index (χ1v) is 11.4. The number of likely N-dealkylation sites (tertiary alicyclic amines) is 1. The maximum absolute atomic E-state index is 12.6. The molecule has 0 radical (unpaired) electrons. The zero-order chi connectivity index (χ0) is 22.5. The fourth-order valence-corrected chi connectivity index (χ4v) is 4.59. The third kappa shape index (κ3) is 5.11. The van der Waals surface area contributed by atoms with Crippen LogP contribution in [0.3, 0.4) is 0 Å². The van der Waals surface area contributed by atoms with Crippen molar-refractivity contribution in [1.29, 1.82) is 0 Å². The Hall–Kier alpha value is -3.33. The fourth-order valence-electron chi connectivity index (χ4n) is 3.87. The number of ether oxygens (including phenoxy) is 1. The Morgan fingerprint density at radius 1 is 1.09 bits per heavy atom. The van der Waals surface area contributed by atoms with E-state index < -0.39 is 0 Å². The summed E-state index contributed by atoms with van der Waals surface area (Å²) in [6.07, 6.45) is 4.88. The molecule has 8 nitrogen and oxygen atoms in total. The van der Waals surface area contributed by atoms with E-state index in [-0.39, 0.29) is 30.5 Å². The van der Waals surface area contributed by atoms with Gasteiger partial charge in [-0.15, -0.1) is 10.2 Å². The quantitative estimate of drug-likeness (QED) is 0.608. The number of aromatic nitrogens is 3. The number of piperidine rings is 1. The molecule has 2 unspecified atom stereocenters. The molecule has 0 bridgehead atoms. The molecule has 4 rings (SSSR count). The van der Waals surface area contributed by atoms with Gasteiger partial charge in [0.15, 0.2) is 11.6 Å². The van der Waals surface area contributed by atoms with Crippen molar-refractivity contribution >= 4 is 28.3 Å². The maximum atomic E-state index is 12.6. The van der Waals surface area contributed by atoms with Crippen LogP contribution in [-0.2, 0) is 4.79 Å². The monoisotopic (exact) mass is 451 g/mol. The smallest absolute Gasteiger partial charge is 0.260 e. The minimum absolute atomic E-state index is 0.00787. The lowest BCUT2D eigenvalue weighted by molar-refractivity contribution is -0.139. The molecule has 0 saturated carbocycles. The molecule has 3 heterocycles. The van der Waals surface area contributed by atoms with Crippen molar-refractivity contribution in [1.82, 2.24) is 20.1 Å². The molecule has 2 aromatic heterocycles. The van der Waals surface area contributed by atoms with Crippen LogP contribution in [0, 0.1) is 0 Å². The average Bonchev–Trinajstić information content (AvgIpc) is 3.27. The van der Waals surface area contributed by atoms with Crippen LogP contribution in [0.4, 0.5) is 5.13 Å². The summed E-state index contributed by atoms with van der Waals surface area (Å²) in [6, 6.07) is 12.7. The summed E-state index contributed by atoms with van der Waals surface area (Å²) < 4.78 is 5.67. The van der Waals surface area contributed by atoms with Gasteiger partial charge in [-0.25, -0.2) is 0 Å². The van der Waals surface area contributed by atoms with E-state index in [1.165, 1.54) is 11.3 Å². The van der Waals surface area contributed by atoms with Crippen LogP contribution in [0.2, 0.25) is 0 Å². The van der Waals surface area contributed by atoms with Gasteiger partial charge in [0, 0.05) is 23.8 Å². The maximum Gasteiger partial charge on any atom is 0.260 e. The summed E-state index contributed by atoms with van der Waals surface area (Å²) >= 11 is 1.25. The average molecular weight is 452 g/mol. The predicted octanol–water partition coefficient (Wildman–Crippen LogP) is 4.02. The highest BCUT2D eigenvalue weighted by molar-refractivity contribution is 7.18. The molecule has 0 spiro atoms. The number of benzene rings is 1. The van der Waals surface area contributed by atoms with Crippen LogP contribution in [-0.4, -0.2) is 50.6 Å². The summed E-state index contributed by atoms with van der Waals surface area (Å²) in [7, 11) is 0. The standard InChI is InChI=1S/C23H25N5O3S/c1-15-6-5-7-16(2)28(15)20(29)14-31-18-11-9-17(10-12-18)21(30)25-23-27-26-22(32-23)19-8-3-4-13-24-19/h3-4,8-13,15-16H,5-7,14H2,1-2H3,(H,25,27,30). The number of hydrogen-bond acceptors (Lipinski definition) is 7. The van der Waals surface area contributed by atoms with Crippen molar-refractivity contribution in [3.8, 4) is 16.5 Å². The molecule has 9 heteroatoms. The molecule has 0 aliphatic carbocycles. The zero-order valence-electron chi connectivity index (χ0n) is 18.0. The second-order valence-electron chi connectivity index (χ2n) is 7.82. The van der Waals surface area contributed by atoms with Crippen molar-refractivity contribution < 1.29 is 14.3 Å². The highest BCUT2D eigenvalue weighted by Crippen LogP contribution is 2.25. The highest BCUT2D eigenvalue weighted by atomic mass is 32.1. The number of pyridine rings is 1. The SMILES string of the molecule is CC1CCCC(C)N1C(=O)COc1ccc(C(=O)Nc2nnc(-c3ccccn3)s2)cc1. The van der Waals surface area contributed by atoms with E-state index in [4.69, 9.17) is 4.74 Å². The minimum atomic E-state index is -0.299. The van der Waals surface area contributed by atoms with Gasteiger partial charge in [0.05, 0.1) is 0 Å². The van der Waals surface area contributed by atoms with E-state index in [2.05, 4.69) is 34.3 Å². The molecule has 1 fully saturated rings. The van der Waals surface area contributed by atoms with E-state index in [0.29, 0.717) is 27.1 Å². The molecule has 1 aliphatic heterocycles. The number of nitrogens with zero attached hydrogens (tertiary/aromatic N) is 4. The lowest BCUT2D eigenvalue weighted by atomic mass is 9.97. The summed E-state index contributed by atoms with van der Waals surface area (Å²) in [5, 5.41) is 11.9. The molecular weight excluding hydrogens is 426 g/mol. The van der Waals surface area contributed by atoms with E-state index in [1.807, 2.05) is 23.1 Å². The number of carbonyl (C=O) groups is 2. The van der Waals surface area contributed by atoms with Crippen molar-refractivity contribution in [2.24, 2.45) is 0 Å². The molecule has 166 valence electrons. The van der Waals surface area contributed by atoms with Crippen LogP contribution in [0.1, 0.15) is 43.5 Å². The Morgan fingerprint density at radius 3 is 2.53 bits per heavy atom. The first-order chi connectivity index (χ1) is 15.5. The molecule has 32 heavy (non-hydrogen) atoms. The van der Waals surface area contributed by atoms with Gasteiger partial charge in [-0.2, -0.15) is 0 Å². The Morgan fingerprint density at radius 2 is 1.84 bits per heavy atom. The topological polar surface area (TPSA) is 97.3 Å². The molecule has 1 saturated heterocycles. The van der Waals surface area contributed by atoms with Gasteiger partial charge in [-0.05, 0) is 69.5 Å². The van der Waals surface area contributed by atoms with Crippen LogP contribution in [0.15, 0.2) is 48.7 Å². The van der Waals surface area contributed by atoms with Gasteiger partial charge >= 0.3 is 0 Å². The Balaban J connectivity index is 1.32. The number of hydrogen-bond donors (Lipinski definition) is 1. The van der Waals surface area contributed by atoms with Gasteiger partial charge in [-0.1, -0.05) is 17.4 Å². The van der Waals surface area contributed by atoms with Crippen molar-refractivity contribution in [3.63, 3.8) is 0 Å². The van der Waals surface area contributed by atoms with E-state index >= 15 is 0 Å². The van der Waals surface area contributed by atoms with Crippen molar-refractivity contribution in [2.75, 3.05) is 11.9 Å². The number of nitrogens with one attached hydrogen (secondary N) is 1. The Kier molecular flexibility index (Phi) is 6.75. The normalized spacial score (nSPS) is 18.2. The molecule has 1 aliphatic rings. The molecule has 1 aromatic carbocycles. The fraction of sp³-hybridized carbons (Fsp3) is 0.348. The second-order valence-corrected chi connectivity index (χ2v) is 8.80. The van der Waals surface area contributed by atoms with Gasteiger partial charge < -0.3 is 9.64 Å². The third-order valence-corrected chi connectivity index (χ3v) is 6.35. The minimum Gasteiger partial charge on any atom is -0.484 e. The van der Waals surface area contributed by atoms with E-state index in [9.17, 15) is 9.59 Å². The highest BCUT2D eigenvalue weighted by Gasteiger charge is 2.29. The van der Waals surface area contributed by atoms with Crippen molar-refractivity contribution in [3.05, 3.63) is 54.2 Å². The van der Waals surface area contributed by atoms with Gasteiger partial charge in [0.25, 0.3) is 11.8 Å². The van der Waals surface area contributed by atoms with Crippen molar-refractivity contribution in [2.45, 2.75) is 45.2 Å². The lowest BCUT2D eigenvalue weighted by Gasteiger charge is -2.38. The predicted molar refractivity (Wildman–Crippen MR) is 123 cm³/mol. The van der Waals surface area contributed by atoms with Gasteiger partial charge in [-0.3, -0.25) is 19.9 Å².